The lowest BCUT2D eigenvalue weighted by molar-refractivity contribution is -0.128. The van der Waals surface area contributed by atoms with Gasteiger partial charge in [-0.05, 0) is 46.6 Å². The van der Waals surface area contributed by atoms with Crippen LogP contribution in [0.2, 0.25) is 0 Å². The Labute approximate surface area is 158 Å². The molecule has 0 aliphatic carbocycles. The number of carbonyl (C=O) groups is 2. The van der Waals surface area contributed by atoms with Crippen molar-refractivity contribution in [3.8, 4) is 0 Å². The molecule has 5 heteroatoms. The van der Waals surface area contributed by atoms with Crippen molar-refractivity contribution >= 4 is 46.0 Å². The molecule has 3 rings (SSSR count). The highest BCUT2D eigenvalue weighted by Crippen LogP contribution is 2.26. The fourth-order valence-corrected chi connectivity index (χ4v) is 3.41. The molecule has 0 spiro atoms. The van der Waals surface area contributed by atoms with Crippen LogP contribution < -0.4 is 5.32 Å². The van der Waals surface area contributed by atoms with Crippen LogP contribution in [0, 0.1) is 0 Å². The first-order valence-corrected chi connectivity index (χ1v) is 8.98. The topological polar surface area (TPSA) is 49.4 Å². The maximum Gasteiger partial charge on any atom is 0.265 e. The molecule has 1 heterocycles. The normalized spacial score (nSPS) is 16.3. The van der Waals surface area contributed by atoms with Gasteiger partial charge in [0.25, 0.3) is 11.8 Å². The number of amides is 2. The molecule has 2 aromatic rings. The van der Waals surface area contributed by atoms with Crippen molar-refractivity contribution in [3.05, 3.63) is 65.8 Å². The Kier molecular flexibility index (Phi) is 5.28. The van der Waals surface area contributed by atoms with Gasteiger partial charge in [0.1, 0.15) is 5.57 Å². The summed E-state index contributed by atoms with van der Waals surface area (Å²) in [6.07, 6.45) is 5.09. The molecule has 0 radical (unpaired) electrons. The van der Waals surface area contributed by atoms with Crippen LogP contribution in [0.4, 0.5) is 0 Å². The number of hydrogen-bond donors (Lipinski definition) is 1. The summed E-state index contributed by atoms with van der Waals surface area (Å²) in [6.45, 7) is 6.01. The van der Waals surface area contributed by atoms with Crippen LogP contribution in [0.15, 0.2) is 54.6 Å². The number of rotatable bonds is 5. The minimum Gasteiger partial charge on any atom is -0.298 e. The first-order chi connectivity index (χ1) is 12.6. The molecule has 4 nitrogen and oxygen atoms in total. The van der Waals surface area contributed by atoms with Crippen molar-refractivity contribution in [3.63, 3.8) is 0 Å². The standard InChI is InChI=1S/C21H20N2O2S/c1-3-7-16-15(11-10-14-8-5-6-9-17(14)16)13-18-19(24)22-21(26)23(12-4-2)20(18)25/h4-6,8-11,13H,2-3,7,12H2,1H3,(H,22,24,26)/b18-13+. The second kappa shape index (κ2) is 7.62. The van der Waals surface area contributed by atoms with Gasteiger partial charge in [-0.3, -0.25) is 19.8 Å². The fraction of sp³-hybridized carbons (Fsp3) is 0.190. The molecular weight excluding hydrogens is 344 g/mol. The molecule has 0 atom stereocenters. The van der Waals surface area contributed by atoms with Crippen LogP contribution in [0.3, 0.4) is 0 Å². The molecule has 0 bridgehead atoms. The van der Waals surface area contributed by atoms with Crippen molar-refractivity contribution < 1.29 is 9.59 Å². The van der Waals surface area contributed by atoms with Gasteiger partial charge in [-0.2, -0.15) is 0 Å². The molecule has 132 valence electrons. The Bertz CT molecular complexity index is 946. The zero-order chi connectivity index (χ0) is 18.7. The third kappa shape index (κ3) is 3.30. The van der Waals surface area contributed by atoms with Gasteiger partial charge in [0.15, 0.2) is 5.11 Å². The Morgan fingerprint density at radius 3 is 2.69 bits per heavy atom. The van der Waals surface area contributed by atoms with E-state index in [2.05, 4.69) is 31.0 Å². The highest BCUT2D eigenvalue weighted by atomic mass is 32.1. The van der Waals surface area contributed by atoms with Crippen LogP contribution in [0.1, 0.15) is 24.5 Å². The van der Waals surface area contributed by atoms with Crippen molar-refractivity contribution in [1.82, 2.24) is 10.2 Å². The number of fused-ring (bicyclic) bond motifs is 1. The van der Waals surface area contributed by atoms with E-state index in [4.69, 9.17) is 12.2 Å². The van der Waals surface area contributed by atoms with Crippen molar-refractivity contribution in [2.75, 3.05) is 6.54 Å². The van der Waals surface area contributed by atoms with Crippen molar-refractivity contribution in [2.45, 2.75) is 19.8 Å². The average Bonchev–Trinajstić information content (AvgIpc) is 2.63. The van der Waals surface area contributed by atoms with Gasteiger partial charge in [0.05, 0.1) is 0 Å². The highest BCUT2D eigenvalue weighted by Gasteiger charge is 2.32. The van der Waals surface area contributed by atoms with Crippen molar-refractivity contribution in [1.29, 1.82) is 0 Å². The minimum absolute atomic E-state index is 0.0908. The quantitative estimate of drug-likeness (QED) is 0.382. The van der Waals surface area contributed by atoms with E-state index < -0.39 is 11.8 Å². The maximum atomic E-state index is 12.7. The van der Waals surface area contributed by atoms with Gasteiger partial charge in [0.2, 0.25) is 0 Å². The molecule has 0 aromatic heterocycles. The lowest BCUT2D eigenvalue weighted by Gasteiger charge is -2.28. The predicted octanol–water partition coefficient (Wildman–Crippen LogP) is 3.61. The average molecular weight is 364 g/mol. The fourth-order valence-electron chi connectivity index (χ4n) is 3.16. The van der Waals surface area contributed by atoms with Crippen LogP contribution in [-0.4, -0.2) is 28.4 Å². The van der Waals surface area contributed by atoms with Crippen LogP contribution >= 0.6 is 12.2 Å². The van der Waals surface area contributed by atoms with Crippen molar-refractivity contribution in [2.24, 2.45) is 0 Å². The van der Waals surface area contributed by atoms with E-state index in [1.807, 2.05) is 24.3 Å². The zero-order valence-corrected chi connectivity index (χ0v) is 15.4. The third-order valence-electron chi connectivity index (χ3n) is 4.37. The first kappa shape index (κ1) is 18.0. The number of hydrogen-bond acceptors (Lipinski definition) is 3. The number of aryl methyl sites for hydroxylation is 1. The summed E-state index contributed by atoms with van der Waals surface area (Å²) in [5.41, 5.74) is 2.12. The van der Waals surface area contributed by atoms with Gasteiger partial charge in [-0.15, -0.1) is 6.58 Å². The molecule has 1 fully saturated rings. The monoisotopic (exact) mass is 364 g/mol. The molecule has 1 aliphatic rings. The maximum absolute atomic E-state index is 12.7. The number of thiocarbonyl (C=S) groups is 1. The summed E-state index contributed by atoms with van der Waals surface area (Å²) in [5.74, 6) is -0.856. The van der Waals surface area contributed by atoms with Gasteiger partial charge in [0, 0.05) is 6.54 Å². The van der Waals surface area contributed by atoms with Crippen LogP contribution in [0.25, 0.3) is 16.8 Å². The van der Waals surface area contributed by atoms with Gasteiger partial charge >= 0.3 is 0 Å². The Balaban J connectivity index is 2.12. The number of nitrogens with one attached hydrogen (secondary N) is 1. The molecule has 2 aromatic carbocycles. The molecular formula is C21H20N2O2S. The molecule has 1 aliphatic heterocycles. The number of nitrogens with zero attached hydrogens (tertiary/aromatic N) is 1. The third-order valence-corrected chi connectivity index (χ3v) is 4.70. The van der Waals surface area contributed by atoms with E-state index in [1.165, 1.54) is 4.90 Å². The van der Waals surface area contributed by atoms with E-state index in [1.54, 1.807) is 12.2 Å². The predicted molar refractivity (Wildman–Crippen MR) is 109 cm³/mol. The largest absolute Gasteiger partial charge is 0.298 e. The molecule has 2 amide bonds. The summed E-state index contributed by atoms with van der Waals surface area (Å²) in [6, 6.07) is 12.1. The Morgan fingerprint density at radius 1 is 1.19 bits per heavy atom. The van der Waals surface area contributed by atoms with E-state index in [9.17, 15) is 9.59 Å². The van der Waals surface area contributed by atoms with Gasteiger partial charge < -0.3 is 0 Å². The number of benzene rings is 2. The van der Waals surface area contributed by atoms with Gasteiger partial charge in [-0.1, -0.05) is 55.8 Å². The number of carbonyl (C=O) groups excluding carboxylic acids is 2. The molecule has 26 heavy (non-hydrogen) atoms. The Hall–Kier alpha value is -2.79. The zero-order valence-electron chi connectivity index (χ0n) is 14.6. The molecule has 0 saturated carbocycles. The van der Waals surface area contributed by atoms with Crippen LogP contribution in [0.5, 0.6) is 0 Å². The summed E-state index contributed by atoms with van der Waals surface area (Å²) in [4.78, 5) is 26.4. The van der Waals surface area contributed by atoms with Gasteiger partial charge in [-0.25, -0.2) is 0 Å². The van der Waals surface area contributed by atoms with E-state index in [-0.39, 0.29) is 17.2 Å². The van der Waals surface area contributed by atoms with E-state index >= 15 is 0 Å². The summed E-state index contributed by atoms with van der Waals surface area (Å²) in [7, 11) is 0. The summed E-state index contributed by atoms with van der Waals surface area (Å²) < 4.78 is 0. The highest BCUT2D eigenvalue weighted by molar-refractivity contribution is 7.80. The summed E-state index contributed by atoms with van der Waals surface area (Å²) in [5, 5.41) is 4.99. The Morgan fingerprint density at radius 2 is 1.96 bits per heavy atom. The SMILES string of the molecule is C=CCN1C(=O)/C(=C/c2ccc3ccccc3c2CCC)C(=O)NC1=S. The van der Waals surface area contributed by atoms with Crippen LogP contribution in [-0.2, 0) is 16.0 Å². The lowest BCUT2D eigenvalue weighted by Crippen LogP contribution is -2.53. The minimum atomic E-state index is -0.462. The first-order valence-electron chi connectivity index (χ1n) is 8.57. The summed E-state index contributed by atoms with van der Waals surface area (Å²) >= 11 is 5.09. The molecule has 1 N–H and O–H groups in total. The second-order valence-corrected chi connectivity index (χ2v) is 6.51. The van der Waals surface area contributed by atoms with E-state index in [0.29, 0.717) is 0 Å². The smallest absolute Gasteiger partial charge is 0.265 e. The van der Waals surface area contributed by atoms with E-state index in [0.717, 1.165) is 34.7 Å². The lowest BCUT2D eigenvalue weighted by atomic mass is 9.94. The molecule has 0 unspecified atom stereocenters. The second-order valence-electron chi connectivity index (χ2n) is 6.13. The molecule has 1 saturated heterocycles.